The van der Waals surface area contributed by atoms with Crippen LogP contribution in [0.1, 0.15) is 32.1 Å². The van der Waals surface area contributed by atoms with E-state index in [0.717, 1.165) is 5.56 Å². The van der Waals surface area contributed by atoms with Crippen molar-refractivity contribution in [1.82, 2.24) is 9.55 Å². The number of rotatable bonds is 5. The normalized spacial score (nSPS) is 25.7. The Morgan fingerprint density at radius 1 is 1.57 bits per heavy atom. The summed E-state index contributed by atoms with van der Waals surface area (Å²) in [5.74, 6) is 0.247. The highest BCUT2D eigenvalue weighted by Crippen LogP contribution is 2.30. The van der Waals surface area contributed by atoms with E-state index in [1.54, 1.807) is 20.2 Å². The number of nitrogens with two attached hydrogens (primary N) is 1. The third kappa shape index (κ3) is 3.61. The molecule has 1 aromatic rings. The zero-order valence-electron chi connectivity index (χ0n) is 12.9. The van der Waals surface area contributed by atoms with E-state index < -0.39 is 11.9 Å². The van der Waals surface area contributed by atoms with Gasteiger partial charge in [-0.3, -0.25) is 4.57 Å². The van der Waals surface area contributed by atoms with Crippen molar-refractivity contribution in [2.75, 3.05) is 19.5 Å². The summed E-state index contributed by atoms with van der Waals surface area (Å²) in [4.78, 5) is 15.8. The van der Waals surface area contributed by atoms with Gasteiger partial charge >= 0.3 is 5.69 Å². The first-order chi connectivity index (χ1) is 9.92. The minimum atomic E-state index is -0.414. The SMILES string of the molecule is COC1C[C@H](n2cc(C)c(N)nc2=O)O[C@@H]1COC(C)C. The molecule has 0 aromatic carbocycles. The summed E-state index contributed by atoms with van der Waals surface area (Å²) in [5, 5.41) is 0. The van der Waals surface area contributed by atoms with Gasteiger partial charge in [-0.15, -0.1) is 0 Å². The number of anilines is 1. The first-order valence-corrected chi connectivity index (χ1v) is 7.07. The quantitative estimate of drug-likeness (QED) is 0.867. The van der Waals surface area contributed by atoms with Crippen LogP contribution in [0.25, 0.3) is 0 Å². The molecule has 3 atom stereocenters. The molecule has 1 saturated heterocycles. The lowest BCUT2D eigenvalue weighted by Gasteiger charge is -2.19. The van der Waals surface area contributed by atoms with Gasteiger partial charge in [-0.1, -0.05) is 0 Å². The maximum atomic E-state index is 12.0. The second-order valence-corrected chi connectivity index (χ2v) is 5.52. The summed E-state index contributed by atoms with van der Waals surface area (Å²) < 4.78 is 18.4. The second kappa shape index (κ2) is 6.55. The highest BCUT2D eigenvalue weighted by atomic mass is 16.6. The van der Waals surface area contributed by atoms with Gasteiger partial charge in [0.15, 0.2) is 0 Å². The topological polar surface area (TPSA) is 88.6 Å². The largest absolute Gasteiger partial charge is 0.383 e. The Labute approximate surface area is 124 Å². The third-order valence-electron chi connectivity index (χ3n) is 3.56. The van der Waals surface area contributed by atoms with Gasteiger partial charge in [0.25, 0.3) is 0 Å². The first kappa shape index (κ1) is 15.9. The maximum absolute atomic E-state index is 12.0. The predicted molar refractivity (Wildman–Crippen MR) is 78.1 cm³/mol. The molecule has 1 fully saturated rings. The van der Waals surface area contributed by atoms with Crippen LogP contribution >= 0.6 is 0 Å². The molecule has 0 saturated carbocycles. The van der Waals surface area contributed by atoms with Crippen LogP contribution in [0, 0.1) is 6.92 Å². The van der Waals surface area contributed by atoms with Crippen LogP contribution in [0.5, 0.6) is 0 Å². The molecule has 2 heterocycles. The van der Waals surface area contributed by atoms with Gasteiger partial charge < -0.3 is 19.9 Å². The van der Waals surface area contributed by atoms with Gasteiger partial charge in [-0.05, 0) is 20.8 Å². The number of aryl methyl sites for hydroxylation is 1. The Morgan fingerprint density at radius 2 is 2.29 bits per heavy atom. The Morgan fingerprint density at radius 3 is 2.90 bits per heavy atom. The van der Waals surface area contributed by atoms with E-state index >= 15 is 0 Å². The first-order valence-electron chi connectivity index (χ1n) is 7.07. The van der Waals surface area contributed by atoms with Crippen LogP contribution in [0.4, 0.5) is 5.82 Å². The molecule has 1 unspecified atom stereocenters. The van der Waals surface area contributed by atoms with Crippen molar-refractivity contribution in [3.05, 3.63) is 22.2 Å². The molecule has 0 bridgehead atoms. The van der Waals surface area contributed by atoms with E-state index in [4.69, 9.17) is 19.9 Å². The molecule has 7 heteroatoms. The number of nitrogen functional groups attached to an aromatic ring is 1. The van der Waals surface area contributed by atoms with Gasteiger partial charge in [-0.25, -0.2) is 4.79 Å². The summed E-state index contributed by atoms with van der Waals surface area (Å²) in [7, 11) is 1.63. The standard InChI is InChI=1S/C14H23N3O4/c1-8(2)20-7-11-10(19-4)5-12(21-11)17-6-9(3)13(15)16-14(17)18/h6,8,10-12H,5,7H2,1-4H3,(H2,15,16,18)/t10?,11-,12-/m1/s1. The van der Waals surface area contributed by atoms with Gasteiger partial charge in [0.05, 0.1) is 18.8 Å². The monoisotopic (exact) mass is 297 g/mol. The molecule has 0 aliphatic carbocycles. The third-order valence-corrected chi connectivity index (χ3v) is 3.56. The van der Waals surface area contributed by atoms with Gasteiger partial charge in [0.1, 0.15) is 18.1 Å². The zero-order chi connectivity index (χ0) is 15.6. The molecule has 0 spiro atoms. The van der Waals surface area contributed by atoms with Crippen LogP contribution in [-0.2, 0) is 14.2 Å². The van der Waals surface area contributed by atoms with Crippen molar-refractivity contribution in [3.8, 4) is 0 Å². The number of ether oxygens (including phenoxy) is 3. The number of hydrogen-bond donors (Lipinski definition) is 1. The Balaban J connectivity index is 2.15. The van der Waals surface area contributed by atoms with Gasteiger partial charge in [0.2, 0.25) is 0 Å². The number of nitrogens with zero attached hydrogens (tertiary/aromatic N) is 2. The van der Waals surface area contributed by atoms with E-state index in [-0.39, 0.29) is 24.1 Å². The van der Waals surface area contributed by atoms with Crippen LogP contribution < -0.4 is 11.4 Å². The Bertz CT molecular complexity index is 544. The summed E-state index contributed by atoms with van der Waals surface area (Å²) in [6, 6.07) is 0. The smallest absolute Gasteiger partial charge is 0.351 e. The fraction of sp³-hybridized carbons (Fsp3) is 0.714. The number of hydrogen-bond acceptors (Lipinski definition) is 6. The van der Waals surface area contributed by atoms with Crippen molar-refractivity contribution >= 4 is 5.82 Å². The highest BCUT2D eigenvalue weighted by molar-refractivity contribution is 5.35. The average Bonchev–Trinajstić information content (AvgIpc) is 2.83. The fourth-order valence-corrected chi connectivity index (χ4v) is 2.34. The van der Waals surface area contributed by atoms with Crippen LogP contribution in [-0.4, -0.2) is 41.6 Å². The maximum Gasteiger partial charge on any atom is 0.351 e. The van der Waals surface area contributed by atoms with Crippen molar-refractivity contribution < 1.29 is 14.2 Å². The minimum absolute atomic E-state index is 0.112. The molecule has 1 aromatic heterocycles. The van der Waals surface area contributed by atoms with Crippen LogP contribution in [0.3, 0.4) is 0 Å². The van der Waals surface area contributed by atoms with Crippen LogP contribution in [0.2, 0.25) is 0 Å². The summed E-state index contributed by atoms with van der Waals surface area (Å²) >= 11 is 0. The average molecular weight is 297 g/mol. The predicted octanol–water partition coefficient (Wildman–Crippen LogP) is 0.861. The molecular weight excluding hydrogens is 274 g/mol. The fourth-order valence-electron chi connectivity index (χ4n) is 2.34. The Kier molecular flexibility index (Phi) is 4.97. The van der Waals surface area contributed by atoms with Gasteiger partial charge in [-0.2, -0.15) is 4.98 Å². The highest BCUT2D eigenvalue weighted by Gasteiger charge is 2.37. The Hall–Kier alpha value is -1.44. The van der Waals surface area contributed by atoms with E-state index in [2.05, 4.69) is 4.98 Å². The van der Waals surface area contributed by atoms with Crippen molar-refractivity contribution in [2.24, 2.45) is 0 Å². The van der Waals surface area contributed by atoms with Gasteiger partial charge in [0, 0.05) is 25.3 Å². The zero-order valence-corrected chi connectivity index (χ0v) is 12.9. The molecule has 2 rings (SSSR count). The lowest BCUT2D eigenvalue weighted by atomic mass is 10.2. The van der Waals surface area contributed by atoms with E-state index in [0.29, 0.717) is 13.0 Å². The number of aromatic nitrogens is 2. The van der Waals surface area contributed by atoms with Crippen molar-refractivity contribution in [1.29, 1.82) is 0 Å². The molecule has 0 radical (unpaired) electrons. The summed E-state index contributed by atoms with van der Waals surface area (Å²) in [6.07, 6.45) is 1.65. The van der Waals surface area contributed by atoms with Crippen LogP contribution in [0.15, 0.2) is 11.0 Å². The lowest BCUT2D eigenvalue weighted by Crippen LogP contribution is -2.30. The molecule has 118 valence electrons. The second-order valence-electron chi connectivity index (χ2n) is 5.52. The molecule has 1 aliphatic rings. The minimum Gasteiger partial charge on any atom is -0.383 e. The number of methoxy groups -OCH3 is 1. The van der Waals surface area contributed by atoms with E-state index in [1.165, 1.54) is 4.57 Å². The van der Waals surface area contributed by atoms with Crippen molar-refractivity contribution in [3.63, 3.8) is 0 Å². The lowest BCUT2D eigenvalue weighted by molar-refractivity contribution is -0.0806. The van der Waals surface area contributed by atoms with Crippen molar-refractivity contribution in [2.45, 2.75) is 51.7 Å². The molecule has 7 nitrogen and oxygen atoms in total. The van der Waals surface area contributed by atoms with E-state index in [1.807, 2.05) is 13.8 Å². The molecule has 21 heavy (non-hydrogen) atoms. The summed E-state index contributed by atoms with van der Waals surface area (Å²) in [6.45, 7) is 6.17. The molecule has 0 amide bonds. The molecule has 1 aliphatic heterocycles. The summed E-state index contributed by atoms with van der Waals surface area (Å²) in [5.41, 5.74) is 5.97. The molecular formula is C14H23N3O4. The van der Waals surface area contributed by atoms with E-state index in [9.17, 15) is 4.79 Å². The molecule has 2 N–H and O–H groups in total.